The van der Waals surface area contributed by atoms with Crippen molar-refractivity contribution in [3.8, 4) is 11.4 Å². The molecular formula is C20H21N5O3. The van der Waals surface area contributed by atoms with Crippen LogP contribution in [0.3, 0.4) is 0 Å². The minimum Gasteiger partial charge on any atom is -0.478 e. The van der Waals surface area contributed by atoms with E-state index in [0.29, 0.717) is 23.8 Å². The average Bonchev–Trinajstić information content (AvgIpc) is 3.38. The largest absolute Gasteiger partial charge is 0.478 e. The highest BCUT2D eigenvalue weighted by molar-refractivity contribution is 5.87. The van der Waals surface area contributed by atoms with Crippen LogP contribution in [0.25, 0.3) is 11.4 Å². The number of carbonyl (C=O) groups is 1. The summed E-state index contributed by atoms with van der Waals surface area (Å²) in [7, 11) is 1.82. The molecule has 1 saturated heterocycles. The van der Waals surface area contributed by atoms with Crippen LogP contribution in [-0.4, -0.2) is 44.7 Å². The Hall–Kier alpha value is -3.26. The topological polar surface area (TPSA) is 104 Å². The van der Waals surface area contributed by atoms with E-state index >= 15 is 0 Å². The average molecular weight is 379 g/mol. The molecule has 0 spiro atoms. The van der Waals surface area contributed by atoms with Gasteiger partial charge in [-0.25, -0.2) is 9.78 Å². The van der Waals surface area contributed by atoms with E-state index in [4.69, 9.17) is 9.63 Å². The second-order valence-electron chi connectivity index (χ2n) is 6.77. The van der Waals surface area contributed by atoms with Gasteiger partial charge in [-0.1, -0.05) is 17.3 Å². The highest BCUT2D eigenvalue weighted by Crippen LogP contribution is 2.33. The van der Waals surface area contributed by atoms with Crippen LogP contribution in [-0.2, 0) is 6.54 Å². The molecule has 1 fully saturated rings. The number of aromatic carboxylic acids is 1. The van der Waals surface area contributed by atoms with Gasteiger partial charge in [0.1, 0.15) is 5.82 Å². The van der Waals surface area contributed by atoms with Gasteiger partial charge in [0, 0.05) is 25.4 Å². The first-order valence-electron chi connectivity index (χ1n) is 9.18. The van der Waals surface area contributed by atoms with Gasteiger partial charge in [-0.2, -0.15) is 4.98 Å². The standard InChI is InChI=1S/C20H21N5O3/c1-21-17-9-8-15(11-22-17)18-23-19(28-24-18)16-3-2-10-25(16)12-13-4-6-14(7-5-13)20(26)27/h4-9,11,16H,2-3,10,12H2,1H3,(H,21,22)(H,26,27). The van der Waals surface area contributed by atoms with Crippen molar-refractivity contribution in [3.63, 3.8) is 0 Å². The maximum absolute atomic E-state index is 11.0. The lowest BCUT2D eigenvalue weighted by Crippen LogP contribution is -2.23. The third kappa shape index (κ3) is 3.72. The van der Waals surface area contributed by atoms with Crippen molar-refractivity contribution in [1.82, 2.24) is 20.0 Å². The van der Waals surface area contributed by atoms with E-state index in [1.54, 1.807) is 18.3 Å². The van der Waals surface area contributed by atoms with Crippen molar-refractivity contribution in [1.29, 1.82) is 0 Å². The summed E-state index contributed by atoms with van der Waals surface area (Å²) >= 11 is 0. The lowest BCUT2D eigenvalue weighted by molar-refractivity contribution is 0.0697. The molecule has 28 heavy (non-hydrogen) atoms. The smallest absolute Gasteiger partial charge is 0.335 e. The lowest BCUT2D eigenvalue weighted by atomic mass is 10.1. The zero-order chi connectivity index (χ0) is 19.5. The van der Waals surface area contributed by atoms with Gasteiger partial charge in [0.05, 0.1) is 11.6 Å². The van der Waals surface area contributed by atoms with Gasteiger partial charge in [-0.05, 0) is 49.2 Å². The molecule has 1 atom stereocenters. The fourth-order valence-electron chi connectivity index (χ4n) is 3.44. The van der Waals surface area contributed by atoms with Gasteiger partial charge < -0.3 is 14.9 Å². The summed E-state index contributed by atoms with van der Waals surface area (Å²) in [4.78, 5) is 22.2. The summed E-state index contributed by atoms with van der Waals surface area (Å²) in [5.41, 5.74) is 2.16. The van der Waals surface area contributed by atoms with E-state index in [2.05, 4.69) is 25.3 Å². The number of hydrogen-bond donors (Lipinski definition) is 2. The van der Waals surface area contributed by atoms with Gasteiger partial charge in [0.15, 0.2) is 0 Å². The number of aromatic nitrogens is 3. The third-order valence-corrected chi connectivity index (χ3v) is 4.95. The molecule has 4 rings (SSSR count). The second-order valence-corrected chi connectivity index (χ2v) is 6.77. The molecule has 1 aromatic carbocycles. The number of rotatable bonds is 6. The minimum absolute atomic E-state index is 0.0601. The van der Waals surface area contributed by atoms with E-state index in [0.717, 1.165) is 36.3 Å². The van der Waals surface area contributed by atoms with Crippen molar-refractivity contribution < 1.29 is 14.4 Å². The van der Waals surface area contributed by atoms with Crippen LogP contribution in [0.15, 0.2) is 47.1 Å². The predicted molar refractivity (Wildman–Crippen MR) is 103 cm³/mol. The summed E-state index contributed by atoms with van der Waals surface area (Å²) in [6, 6.07) is 10.8. The fraction of sp³-hybridized carbons (Fsp3) is 0.300. The highest BCUT2D eigenvalue weighted by atomic mass is 16.5. The summed E-state index contributed by atoms with van der Waals surface area (Å²) in [6.45, 7) is 1.64. The molecule has 1 aliphatic rings. The molecule has 0 aliphatic carbocycles. The number of nitrogens with one attached hydrogen (secondary N) is 1. The molecule has 0 bridgehead atoms. The quantitative estimate of drug-likeness (QED) is 0.673. The molecule has 3 heterocycles. The first-order chi connectivity index (χ1) is 13.6. The Morgan fingerprint density at radius 2 is 2.11 bits per heavy atom. The maximum atomic E-state index is 11.0. The number of likely N-dealkylation sites (tertiary alicyclic amines) is 1. The van der Waals surface area contributed by atoms with Crippen molar-refractivity contribution >= 4 is 11.8 Å². The van der Waals surface area contributed by atoms with E-state index in [9.17, 15) is 4.79 Å². The molecule has 8 heteroatoms. The molecular weight excluding hydrogens is 358 g/mol. The van der Waals surface area contributed by atoms with Crippen molar-refractivity contribution in [3.05, 3.63) is 59.6 Å². The Kier molecular flexibility index (Phi) is 5.03. The number of pyridine rings is 1. The monoisotopic (exact) mass is 379 g/mol. The zero-order valence-corrected chi connectivity index (χ0v) is 15.5. The van der Waals surface area contributed by atoms with Crippen LogP contribution in [0, 0.1) is 0 Å². The minimum atomic E-state index is -0.916. The van der Waals surface area contributed by atoms with E-state index in [-0.39, 0.29) is 6.04 Å². The van der Waals surface area contributed by atoms with Crippen LogP contribution < -0.4 is 5.32 Å². The molecule has 3 aromatic rings. The molecule has 2 N–H and O–H groups in total. The van der Waals surface area contributed by atoms with Gasteiger partial charge >= 0.3 is 5.97 Å². The van der Waals surface area contributed by atoms with Gasteiger partial charge in [-0.3, -0.25) is 4.90 Å². The summed E-state index contributed by atoms with van der Waals surface area (Å²) in [5, 5.41) is 16.1. The number of hydrogen-bond acceptors (Lipinski definition) is 7. The fourth-order valence-corrected chi connectivity index (χ4v) is 3.44. The lowest BCUT2D eigenvalue weighted by Gasteiger charge is -2.21. The molecule has 8 nitrogen and oxygen atoms in total. The number of carboxylic acid groups (broad SMARTS) is 1. The molecule has 0 radical (unpaired) electrons. The summed E-state index contributed by atoms with van der Waals surface area (Å²) < 4.78 is 5.55. The van der Waals surface area contributed by atoms with Crippen LogP contribution in [0.5, 0.6) is 0 Å². The molecule has 1 aliphatic heterocycles. The molecule has 2 aromatic heterocycles. The van der Waals surface area contributed by atoms with E-state index < -0.39 is 5.97 Å². The first kappa shape index (κ1) is 18.1. The Morgan fingerprint density at radius 3 is 2.79 bits per heavy atom. The van der Waals surface area contributed by atoms with Gasteiger partial charge in [0.2, 0.25) is 11.7 Å². The van der Waals surface area contributed by atoms with Crippen LogP contribution in [0.4, 0.5) is 5.82 Å². The van der Waals surface area contributed by atoms with Crippen LogP contribution in [0.1, 0.15) is 40.7 Å². The summed E-state index contributed by atoms with van der Waals surface area (Å²) in [6.07, 6.45) is 3.72. The predicted octanol–water partition coefficient (Wildman–Crippen LogP) is 3.21. The Bertz CT molecular complexity index is 953. The highest BCUT2D eigenvalue weighted by Gasteiger charge is 2.30. The Balaban J connectivity index is 1.48. The second kappa shape index (κ2) is 7.77. The van der Waals surface area contributed by atoms with Crippen molar-refractivity contribution in [2.75, 3.05) is 18.9 Å². The van der Waals surface area contributed by atoms with Crippen molar-refractivity contribution in [2.45, 2.75) is 25.4 Å². The Morgan fingerprint density at radius 1 is 1.29 bits per heavy atom. The van der Waals surface area contributed by atoms with Crippen molar-refractivity contribution in [2.24, 2.45) is 0 Å². The zero-order valence-electron chi connectivity index (χ0n) is 15.5. The molecule has 1 unspecified atom stereocenters. The van der Waals surface area contributed by atoms with Crippen LogP contribution in [0.2, 0.25) is 0 Å². The SMILES string of the molecule is CNc1ccc(-c2noc(C3CCCN3Cc3ccc(C(=O)O)cc3)n2)cn1. The summed E-state index contributed by atoms with van der Waals surface area (Å²) in [5.74, 6) is 1.000. The number of benzene rings is 1. The van der Waals surface area contributed by atoms with Gasteiger partial charge in [0.25, 0.3) is 0 Å². The molecule has 0 amide bonds. The third-order valence-electron chi connectivity index (χ3n) is 4.95. The number of anilines is 1. The molecule has 0 saturated carbocycles. The Labute approximate surface area is 162 Å². The maximum Gasteiger partial charge on any atom is 0.335 e. The number of carboxylic acids is 1. The van der Waals surface area contributed by atoms with E-state index in [1.807, 2.05) is 31.3 Å². The van der Waals surface area contributed by atoms with Crippen LogP contribution >= 0.6 is 0 Å². The van der Waals surface area contributed by atoms with Gasteiger partial charge in [-0.15, -0.1) is 0 Å². The normalized spacial score (nSPS) is 17.0. The first-order valence-corrected chi connectivity index (χ1v) is 9.18. The van der Waals surface area contributed by atoms with E-state index in [1.165, 1.54) is 0 Å². The molecule has 144 valence electrons. The number of nitrogens with zero attached hydrogens (tertiary/aromatic N) is 4.